The molecule has 6 heteroatoms. The molecule has 4 rings (SSSR count). The molecule has 0 amide bonds. The number of rotatable bonds is 4. The van der Waals surface area contributed by atoms with Crippen LogP contribution in [0.15, 0.2) is 60.7 Å². The van der Waals surface area contributed by atoms with Gasteiger partial charge in [0.05, 0.1) is 17.1 Å². The zero-order chi connectivity index (χ0) is 18.8. The van der Waals surface area contributed by atoms with Gasteiger partial charge in [-0.1, -0.05) is 60.1 Å². The van der Waals surface area contributed by atoms with Crippen molar-refractivity contribution in [2.45, 2.75) is 13.3 Å². The molecule has 0 fully saturated rings. The maximum Gasteiger partial charge on any atom is 0.220 e. The fourth-order valence-corrected chi connectivity index (χ4v) is 3.28. The number of aromatic nitrogens is 4. The van der Waals surface area contributed by atoms with E-state index in [0.717, 1.165) is 39.5 Å². The molecule has 0 aliphatic heterocycles. The number of anilines is 1. The summed E-state index contributed by atoms with van der Waals surface area (Å²) in [5.74, 6) is 0.230. The molecule has 0 atom stereocenters. The predicted molar refractivity (Wildman–Crippen MR) is 108 cm³/mol. The van der Waals surface area contributed by atoms with Crippen molar-refractivity contribution >= 4 is 17.5 Å². The molecule has 0 radical (unpaired) electrons. The summed E-state index contributed by atoms with van der Waals surface area (Å²) in [6, 6.07) is 19.7. The van der Waals surface area contributed by atoms with Crippen LogP contribution in [0.4, 0.5) is 5.95 Å². The SMILES string of the molecule is Cc1c(Cc2cc(-c3ccccc3)n[nH]2)nc(N)nc1-c1ccccc1Cl. The number of halogens is 1. The van der Waals surface area contributed by atoms with Crippen LogP contribution in [-0.4, -0.2) is 20.2 Å². The molecular weight excluding hydrogens is 358 g/mol. The minimum atomic E-state index is 0.230. The standard InChI is InChI=1S/C21H18ClN5/c1-13-18(11-15-12-19(27-26-15)14-7-3-2-4-8-14)24-21(23)25-20(13)16-9-5-6-10-17(16)22/h2-10,12H,11H2,1H3,(H,26,27)(H2,23,24,25). The van der Waals surface area contributed by atoms with Gasteiger partial charge in [-0.2, -0.15) is 5.10 Å². The number of hydrogen-bond acceptors (Lipinski definition) is 4. The minimum Gasteiger partial charge on any atom is -0.368 e. The molecule has 0 aliphatic rings. The van der Waals surface area contributed by atoms with E-state index in [9.17, 15) is 0 Å². The Morgan fingerprint density at radius 2 is 1.74 bits per heavy atom. The summed E-state index contributed by atoms with van der Waals surface area (Å²) >= 11 is 6.35. The molecule has 0 unspecified atom stereocenters. The summed E-state index contributed by atoms with van der Waals surface area (Å²) in [6.07, 6.45) is 0.579. The normalized spacial score (nSPS) is 10.9. The van der Waals surface area contributed by atoms with E-state index in [4.69, 9.17) is 17.3 Å². The first kappa shape index (κ1) is 17.2. The van der Waals surface area contributed by atoms with E-state index < -0.39 is 0 Å². The molecule has 134 valence electrons. The van der Waals surface area contributed by atoms with Crippen LogP contribution in [0.1, 0.15) is 17.0 Å². The van der Waals surface area contributed by atoms with Crippen molar-refractivity contribution in [3.63, 3.8) is 0 Å². The lowest BCUT2D eigenvalue weighted by Gasteiger charge is -2.11. The first-order valence-corrected chi connectivity index (χ1v) is 8.97. The lowest BCUT2D eigenvalue weighted by Crippen LogP contribution is -2.06. The highest BCUT2D eigenvalue weighted by molar-refractivity contribution is 6.33. The van der Waals surface area contributed by atoms with Gasteiger partial charge in [-0.3, -0.25) is 5.10 Å². The number of benzene rings is 2. The molecule has 0 bridgehead atoms. The Balaban J connectivity index is 1.69. The van der Waals surface area contributed by atoms with Crippen LogP contribution in [0.25, 0.3) is 22.5 Å². The molecule has 2 heterocycles. The van der Waals surface area contributed by atoms with Crippen LogP contribution < -0.4 is 5.73 Å². The highest BCUT2D eigenvalue weighted by Gasteiger charge is 2.15. The van der Waals surface area contributed by atoms with Crippen LogP contribution in [0.3, 0.4) is 0 Å². The lowest BCUT2D eigenvalue weighted by molar-refractivity contribution is 0.947. The van der Waals surface area contributed by atoms with Crippen molar-refractivity contribution in [3.8, 4) is 22.5 Å². The monoisotopic (exact) mass is 375 g/mol. The number of nitrogen functional groups attached to an aromatic ring is 1. The summed E-state index contributed by atoms with van der Waals surface area (Å²) in [5.41, 5.74) is 12.3. The first-order chi connectivity index (χ1) is 13.1. The van der Waals surface area contributed by atoms with Gasteiger partial charge < -0.3 is 5.73 Å². The van der Waals surface area contributed by atoms with Gasteiger partial charge >= 0.3 is 0 Å². The van der Waals surface area contributed by atoms with Crippen molar-refractivity contribution in [2.24, 2.45) is 0 Å². The predicted octanol–water partition coefficient (Wildman–Crippen LogP) is 4.67. The number of nitrogens with two attached hydrogens (primary N) is 1. The molecule has 27 heavy (non-hydrogen) atoms. The fraction of sp³-hybridized carbons (Fsp3) is 0.0952. The summed E-state index contributed by atoms with van der Waals surface area (Å²) in [4.78, 5) is 8.86. The summed E-state index contributed by atoms with van der Waals surface area (Å²) in [7, 11) is 0. The Bertz CT molecular complexity index is 1090. The van der Waals surface area contributed by atoms with E-state index in [0.29, 0.717) is 11.4 Å². The summed E-state index contributed by atoms with van der Waals surface area (Å²) in [5, 5.41) is 8.14. The Morgan fingerprint density at radius 3 is 2.52 bits per heavy atom. The van der Waals surface area contributed by atoms with Gasteiger partial charge in [0, 0.05) is 28.3 Å². The molecule has 2 aromatic heterocycles. The van der Waals surface area contributed by atoms with Gasteiger partial charge in [-0.25, -0.2) is 9.97 Å². The largest absolute Gasteiger partial charge is 0.368 e. The van der Waals surface area contributed by atoms with E-state index in [-0.39, 0.29) is 5.95 Å². The highest BCUT2D eigenvalue weighted by Crippen LogP contribution is 2.30. The van der Waals surface area contributed by atoms with Crippen LogP contribution in [-0.2, 0) is 6.42 Å². The topological polar surface area (TPSA) is 80.5 Å². The number of hydrogen-bond donors (Lipinski definition) is 2. The average Bonchev–Trinajstić information content (AvgIpc) is 3.14. The molecule has 0 spiro atoms. The fourth-order valence-electron chi connectivity index (χ4n) is 3.06. The molecular formula is C21H18ClN5. The van der Waals surface area contributed by atoms with Gasteiger partial charge in [0.1, 0.15) is 0 Å². The molecule has 3 N–H and O–H groups in total. The van der Waals surface area contributed by atoms with Crippen molar-refractivity contribution in [1.82, 2.24) is 20.2 Å². The van der Waals surface area contributed by atoms with Crippen molar-refractivity contribution in [1.29, 1.82) is 0 Å². The second-order valence-electron chi connectivity index (χ2n) is 6.30. The zero-order valence-electron chi connectivity index (χ0n) is 14.8. The second-order valence-corrected chi connectivity index (χ2v) is 6.71. The van der Waals surface area contributed by atoms with Crippen LogP contribution in [0, 0.1) is 6.92 Å². The van der Waals surface area contributed by atoms with Gasteiger partial charge in [-0.15, -0.1) is 0 Å². The Morgan fingerprint density at radius 1 is 1.00 bits per heavy atom. The highest BCUT2D eigenvalue weighted by atomic mass is 35.5. The Labute approximate surface area is 162 Å². The molecule has 0 saturated carbocycles. The molecule has 5 nitrogen and oxygen atoms in total. The molecule has 0 saturated heterocycles. The number of H-pyrrole nitrogens is 1. The summed E-state index contributed by atoms with van der Waals surface area (Å²) in [6.45, 7) is 1.99. The Kier molecular flexibility index (Phi) is 4.60. The van der Waals surface area contributed by atoms with E-state index in [2.05, 4.69) is 20.2 Å². The van der Waals surface area contributed by atoms with E-state index >= 15 is 0 Å². The van der Waals surface area contributed by atoms with Gasteiger partial charge in [0.25, 0.3) is 0 Å². The smallest absolute Gasteiger partial charge is 0.220 e. The van der Waals surface area contributed by atoms with Gasteiger partial charge in [-0.05, 0) is 24.6 Å². The molecule has 4 aromatic rings. The van der Waals surface area contributed by atoms with Crippen molar-refractivity contribution in [2.75, 3.05) is 5.73 Å². The first-order valence-electron chi connectivity index (χ1n) is 8.59. The number of nitrogens with one attached hydrogen (secondary N) is 1. The van der Waals surface area contributed by atoms with Crippen molar-refractivity contribution in [3.05, 3.63) is 82.6 Å². The van der Waals surface area contributed by atoms with Crippen LogP contribution in [0.5, 0.6) is 0 Å². The maximum absolute atomic E-state index is 6.35. The number of nitrogens with zero attached hydrogens (tertiary/aromatic N) is 3. The zero-order valence-corrected chi connectivity index (χ0v) is 15.5. The number of aromatic amines is 1. The van der Waals surface area contributed by atoms with Crippen LogP contribution in [0.2, 0.25) is 5.02 Å². The van der Waals surface area contributed by atoms with E-state index in [1.54, 1.807) is 0 Å². The van der Waals surface area contributed by atoms with E-state index in [1.807, 2.05) is 67.6 Å². The second kappa shape index (κ2) is 7.21. The quantitative estimate of drug-likeness (QED) is 0.543. The molecule has 2 aromatic carbocycles. The third kappa shape index (κ3) is 3.55. The van der Waals surface area contributed by atoms with Gasteiger partial charge in [0.2, 0.25) is 5.95 Å². The third-order valence-corrected chi connectivity index (χ3v) is 4.78. The average molecular weight is 376 g/mol. The lowest BCUT2D eigenvalue weighted by atomic mass is 10.0. The van der Waals surface area contributed by atoms with Crippen molar-refractivity contribution < 1.29 is 0 Å². The third-order valence-electron chi connectivity index (χ3n) is 4.45. The van der Waals surface area contributed by atoms with Crippen LogP contribution >= 0.6 is 11.6 Å². The Hall–Kier alpha value is -3.18. The minimum absolute atomic E-state index is 0.230. The molecule has 0 aliphatic carbocycles. The maximum atomic E-state index is 6.35. The van der Waals surface area contributed by atoms with E-state index in [1.165, 1.54) is 0 Å². The van der Waals surface area contributed by atoms with Gasteiger partial charge in [0.15, 0.2) is 0 Å². The summed E-state index contributed by atoms with van der Waals surface area (Å²) < 4.78 is 0.